The minimum absolute atomic E-state index is 0.0200. The van der Waals surface area contributed by atoms with E-state index in [4.69, 9.17) is 5.73 Å². The van der Waals surface area contributed by atoms with Gasteiger partial charge in [-0.05, 0) is 31.5 Å². The number of nitrogens with zero attached hydrogens (tertiary/aromatic N) is 2. The van der Waals surface area contributed by atoms with Crippen LogP contribution < -0.4 is 11.1 Å². The molecule has 0 saturated carbocycles. The Balaban J connectivity index is 1.75. The van der Waals surface area contributed by atoms with Crippen LogP contribution in [0.1, 0.15) is 23.7 Å². The maximum atomic E-state index is 14.3. The lowest BCUT2D eigenvalue weighted by molar-refractivity contribution is -0.126. The first kappa shape index (κ1) is 16.4. The molecule has 3 rings (SSSR count). The zero-order valence-electron chi connectivity index (χ0n) is 13.1. The molecule has 1 aliphatic heterocycles. The van der Waals surface area contributed by atoms with Crippen LogP contribution in [0.3, 0.4) is 0 Å². The first-order valence-corrected chi connectivity index (χ1v) is 8.32. The minimum atomic E-state index is -0.752. The molecular weight excluding hydrogens is 331 g/mol. The predicted octanol–water partition coefficient (Wildman–Crippen LogP) is 2.36. The lowest BCUT2D eigenvalue weighted by Gasteiger charge is -2.21. The van der Waals surface area contributed by atoms with Crippen molar-refractivity contribution < 1.29 is 14.0 Å². The summed E-state index contributed by atoms with van der Waals surface area (Å²) in [6.07, 6.45) is 2.13. The van der Waals surface area contributed by atoms with Crippen molar-refractivity contribution in [1.82, 2.24) is 9.88 Å². The van der Waals surface area contributed by atoms with Crippen molar-refractivity contribution in [3.8, 4) is 0 Å². The topological polar surface area (TPSA) is 88.3 Å². The number of aromatic nitrogens is 1. The van der Waals surface area contributed by atoms with Crippen LogP contribution in [0.2, 0.25) is 0 Å². The number of nitrogens with one attached hydrogen (secondary N) is 1. The van der Waals surface area contributed by atoms with Gasteiger partial charge in [0, 0.05) is 30.4 Å². The quantitative estimate of drug-likeness (QED) is 0.888. The van der Waals surface area contributed by atoms with E-state index in [0.717, 1.165) is 0 Å². The van der Waals surface area contributed by atoms with Gasteiger partial charge in [-0.15, -0.1) is 11.3 Å². The summed E-state index contributed by atoms with van der Waals surface area (Å²) in [4.78, 5) is 29.5. The fraction of sp³-hybridized carbons (Fsp3) is 0.312. The molecule has 6 nitrogen and oxygen atoms in total. The van der Waals surface area contributed by atoms with E-state index in [9.17, 15) is 14.0 Å². The molecule has 24 heavy (non-hydrogen) atoms. The summed E-state index contributed by atoms with van der Waals surface area (Å²) in [7, 11) is 0. The molecule has 1 fully saturated rings. The predicted molar refractivity (Wildman–Crippen MR) is 89.6 cm³/mol. The van der Waals surface area contributed by atoms with Crippen LogP contribution in [0, 0.1) is 11.2 Å². The zero-order chi connectivity index (χ0) is 17.3. The fourth-order valence-corrected chi connectivity index (χ4v) is 3.23. The third-order valence-electron chi connectivity index (χ3n) is 4.24. The van der Waals surface area contributed by atoms with Gasteiger partial charge < -0.3 is 16.0 Å². The van der Waals surface area contributed by atoms with Crippen molar-refractivity contribution in [1.29, 1.82) is 0 Å². The summed E-state index contributed by atoms with van der Waals surface area (Å²) in [5, 5.41) is 5.42. The van der Waals surface area contributed by atoms with Gasteiger partial charge >= 0.3 is 0 Å². The average molecular weight is 348 g/mol. The number of amides is 2. The number of anilines is 2. The first-order valence-electron chi connectivity index (χ1n) is 7.44. The molecule has 2 aromatic rings. The summed E-state index contributed by atoms with van der Waals surface area (Å²) in [5.41, 5.74) is 5.13. The van der Waals surface area contributed by atoms with Crippen molar-refractivity contribution in [2.75, 3.05) is 18.4 Å². The van der Waals surface area contributed by atoms with Crippen molar-refractivity contribution in [3.05, 3.63) is 41.2 Å². The van der Waals surface area contributed by atoms with Crippen molar-refractivity contribution in [3.63, 3.8) is 0 Å². The Labute approximate surface area is 142 Å². The maximum absolute atomic E-state index is 14.3. The second-order valence-electron chi connectivity index (χ2n) is 6.06. The fourth-order valence-electron chi connectivity index (χ4n) is 2.68. The molecule has 1 saturated heterocycles. The van der Waals surface area contributed by atoms with E-state index >= 15 is 0 Å². The Morgan fingerprint density at radius 3 is 2.83 bits per heavy atom. The van der Waals surface area contributed by atoms with Crippen molar-refractivity contribution in [2.45, 2.75) is 13.3 Å². The van der Waals surface area contributed by atoms with Gasteiger partial charge in [0.05, 0.1) is 11.0 Å². The number of carbonyl (C=O) groups is 2. The highest BCUT2D eigenvalue weighted by atomic mass is 32.1. The Hall–Kier alpha value is -2.48. The van der Waals surface area contributed by atoms with E-state index in [2.05, 4.69) is 10.3 Å². The van der Waals surface area contributed by atoms with Crippen LogP contribution in [0.5, 0.6) is 0 Å². The minimum Gasteiger partial charge on any atom is -0.369 e. The van der Waals surface area contributed by atoms with Crippen LogP contribution in [-0.4, -0.2) is 34.8 Å². The lowest BCUT2D eigenvalue weighted by Crippen LogP contribution is -2.38. The van der Waals surface area contributed by atoms with E-state index in [1.165, 1.54) is 28.4 Å². The summed E-state index contributed by atoms with van der Waals surface area (Å²) >= 11 is 1.39. The Kier molecular flexibility index (Phi) is 4.23. The van der Waals surface area contributed by atoms with Crippen LogP contribution in [-0.2, 0) is 4.79 Å². The van der Waals surface area contributed by atoms with Crippen LogP contribution in [0.25, 0.3) is 0 Å². The highest BCUT2D eigenvalue weighted by molar-refractivity contribution is 7.13. The monoisotopic (exact) mass is 348 g/mol. The van der Waals surface area contributed by atoms with Gasteiger partial charge in [-0.3, -0.25) is 9.59 Å². The molecule has 1 atom stereocenters. The van der Waals surface area contributed by atoms with Gasteiger partial charge in [-0.2, -0.15) is 0 Å². The number of primary amides is 1. The van der Waals surface area contributed by atoms with Gasteiger partial charge in [-0.25, -0.2) is 9.37 Å². The number of thiazole rings is 1. The van der Waals surface area contributed by atoms with E-state index in [1.807, 2.05) is 0 Å². The van der Waals surface area contributed by atoms with E-state index < -0.39 is 23.0 Å². The summed E-state index contributed by atoms with van der Waals surface area (Å²) in [6, 6.07) is 4.33. The highest BCUT2D eigenvalue weighted by Gasteiger charge is 2.41. The number of halogens is 1. The zero-order valence-corrected chi connectivity index (χ0v) is 13.9. The van der Waals surface area contributed by atoms with E-state index in [0.29, 0.717) is 23.8 Å². The largest absolute Gasteiger partial charge is 0.369 e. The molecule has 1 aromatic carbocycles. The Morgan fingerprint density at radius 1 is 1.46 bits per heavy atom. The normalized spacial score (nSPS) is 20.2. The first-order chi connectivity index (χ1) is 11.4. The second-order valence-corrected chi connectivity index (χ2v) is 6.95. The van der Waals surface area contributed by atoms with Gasteiger partial charge in [-0.1, -0.05) is 0 Å². The third kappa shape index (κ3) is 3.09. The second kappa shape index (κ2) is 6.20. The molecule has 8 heteroatoms. The molecule has 0 bridgehead atoms. The number of benzene rings is 1. The average Bonchev–Trinajstić information content (AvgIpc) is 3.17. The molecule has 0 radical (unpaired) electrons. The number of hydrogen-bond acceptors (Lipinski definition) is 5. The van der Waals surface area contributed by atoms with E-state index in [-0.39, 0.29) is 12.1 Å². The summed E-state index contributed by atoms with van der Waals surface area (Å²) < 4.78 is 14.3. The SMILES string of the molecule is C[C@]1(C(N)=O)CCN(C(=O)c2ccc(Nc3nccs3)cc2F)C1. The molecule has 1 aliphatic rings. The molecule has 0 aliphatic carbocycles. The van der Waals surface area contributed by atoms with Crippen LogP contribution in [0.15, 0.2) is 29.8 Å². The summed E-state index contributed by atoms with van der Waals surface area (Å²) in [6.45, 7) is 2.32. The Morgan fingerprint density at radius 2 is 2.25 bits per heavy atom. The van der Waals surface area contributed by atoms with Crippen LogP contribution in [0.4, 0.5) is 15.2 Å². The third-order valence-corrected chi connectivity index (χ3v) is 4.93. The maximum Gasteiger partial charge on any atom is 0.256 e. The number of likely N-dealkylation sites (tertiary alicyclic amines) is 1. The summed E-state index contributed by atoms with van der Waals surface area (Å²) in [5.74, 6) is -1.49. The van der Waals surface area contributed by atoms with Crippen molar-refractivity contribution in [2.24, 2.45) is 11.1 Å². The smallest absolute Gasteiger partial charge is 0.256 e. The van der Waals surface area contributed by atoms with E-state index in [1.54, 1.807) is 24.6 Å². The number of nitrogens with two attached hydrogens (primary N) is 1. The molecule has 0 spiro atoms. The molecule has 3 N–H and O–H groups in total. The number of rotatable bonds is 4. The lowest BCUT2D eigenvalue weighted by atomic mass is 9.89. The number of carbonyl (C=O) groups excluding carboxylic acids is 2. The Bertz CT molecular complexity index is 780. The van der Waals surface area contributed by atoms with Gasteiger partial charge in [0.2, 0.25) is 5.91 Å². The van der Waals surface area contributed by atoms with Gasteiger partial charge in [0.25, 0.3) is 5.91 Å². The van der Waals surface area contributed by atoms with Crippen molar-refractivity contribution >= 4 is 34.0 Å². The molecule has 0 unspecified atom stereocenters. The molecule has 2 heterocycles. The highest BCUT2D eigenvalue weighted by Crippen LogP contribution is 2.31. The molecule has 1 aromatic heterocycles. The van der Waals surface area contributed by atoms with Gasteiger partial charge in [0.15, 0.2) is 5.13 Å². The molecule has 126 valence electrons. The van der Waals surface area contributed by atoms with Crippen LogP contribution >= 0.6 is 11.3 Å². The molecular formula is C16H17FN4O2S. The molecule has 2 amide bonds. The standard InChI is InChI=1S/C16H17FN4O2S/c1-16(14(18)23)4-6-21(9-16)13(22)11-3-2-10(8-12(11)17)20-15-19-5-7-24-15/h2-3,5,7-8H,4,6,9H2,1H3,(H2,18,23)(H,19,20)/t16-/m0/s1. The van der Waals surface area contributed by atoms with Gasteiger partial charge in [0.1, 0.15) is 5.82 Å². The number of hydrogen-bond donors (Lipinski definition) is 2.